The van der Waals surface area contributed by atoms with E-state index in [2.05, 4.69) is 5.32 Å². The van der Waals surface area contributed by atoms with E-state index in [0.29, 0.717) is 22.9 Å². The van der Waals surface area contributed by atoms with Gasteiger partial charge >= 0.3 is 0 Å². The molecule has 1 rings (SSSR count). The first-order valence-corrected chi connectivity index (χ1v) is 7.69. The summed E-state index contributed by atoms with van der Waals surface area (Å²) in [4.78, 5) is 11.7. The normalized spacial score (nSPS) is 13.3. The van der Waals surface area contributed by atoms with Crippen LogP contribution in [0.5, 0.6) is 0 Å². The predicted octanol–water partition coefficient (Wildman–Crippen LogP) is 2.29. The molecule has 0 heterocycles. The Kier molecular flexibility index (Phi) is 6.23. The molecule has 0 spiro atoms. The van der Waals surface area contributed by atoms with E-state index in [0.717, 1.165) is 6.42 Å². The van der Waals surface area contributed by atoms with Crippen molar-refractivity contribution < 1.29 is 9.00 Å². The number of carbonyl (C=O) groups excluding carboxylic acids is 1. The van der Waals surface area contributed by atoms with Crippen molar-refractivity contribution in [3.63, 3.8) is 0 Å². The number of hydrogen-bond acceptors (Lipinski definition) is 3. The van der Waals surface area contributed by atoms with Crippen LogP contribution >= 0.6 is 0 Å². The van der Waals surface area contributed by atoms with E-state index in [1.165, 1.54) is 0 Å². The molecule has 0 aliphatic carbocycles. The number of anilines is 1. The summed E-state index contributed by atoms with van der Waals surface area (Å²) in [7, 11) is -1.14. The van der Waals surface area contributed by atoms with Crippen LogP contribution in [0.2, 0.25) is 0 Å². The van der Waals surface area contributed by atoms with Crippen LogP contribution in [0.25, 0.3) is 0 Å². The van der Waals surface area contributed by atoms with Crippen LogP contribution in [0.4, 0.5) is 5.69 Å². The number of hydrogen-bond donors (Lipinski definition) is 1. The van der Waals surface area contributed by atoms with Gasteiger partial charge in [-0.2, -0.15) is 5.26 Å². The molecule has 19 heavy (non-hydrogen) atoms. The van der Waals surface area contributed by atoms with E-state index in [9.17, 15) is 9.00 Å². The van der Waals surface area contributed by atoms with Gasteiger partial charge in [0.25, 0.3) is 0 Å². The first-order valence-electron chi connectivity index (χ1n) is 6.20. The van der Waals surface area contributed by atoms with Crippen molar-refractivity contribution in [3.8, 4) is 6.07 Å². The maximum absolute atomic E-state index is 11.7. The summed E-state index contributed by atoms with van der Waals surface area (Å²) in [5.41, 5.74) is 1.04. The minimum atomic E-state index is -1.14. The third-order valence-electron chi connectivity index (χ3n) is 2.73. The van der Waals surface area contributed by atoms with Gasteiger partial charge in [0.1, 0.15) is 5.75 Å². The molecule has 2 atom stereocenters. The summed E-state index contributed by atoms with van der Waals surface area (Å²) < 4.78 is 11.7. The summed E-state index contributed by atoms with van der Waals surface area (Å²) in [5.74, 6) is 0.621. The van der Waals surface area contributed by atoms with Crippen molar-refractivity contribution in [2.45, 2.75) is 20.3 Å². The fourth-order valence-corrected chi connectivity index (χ4v) is 2.86. The Labute approximate surface area is 116 Å². The highest BCUT2D eigenvalue weighted by atomic mass is 32.2. The maximum Gasteiger partial charge on any atom is 0.236 e. The Morgan fingerprint density at radius 3 is 2.89 bits per heavy atom. The molecule has 0 aromatic heterocycles. The molecule has 0 aliphatic heterocycles. The largest absolute Gasteiger partial charge is 0.325 e. The summed E-state index contributed by atoms with van der Waals surface area (Å²) in [6.45, 7) is 4.06. The quantitative estimate of drug-likeness (QED) is 0.868. The summed E-state index contributed by atoms with van der Waals surface area (Å²) in [6, 6.07) is 8.66. The van der Waals surface area contributed by atoms with Crippen molar-refractivity contribution in [2.75, 3.05) is 16.8 Å². The highest BCUT2D eigenvalue weighted by molar-refractivity contribution is 7.85. The summed E-state index contributed by atoms with van der Waals surface area (Å²) >= 11 is 0. The first kappa shape index (κ1) is 15.4. The lowest BCUT2D eigenvalue weighted by Crippen LogP contribution is -2.22. The van der Waals surface area contributed by atoms with Gasteiger partial charge in [-0.15, -0.1) is 0 Å². The lowest BCUT2D eigenvalue weighted by molar-refractivity contribution is -0.113. The number of benzene rings is 1. The van der Waals surface area contributed by atoms with Crippen molar-refractivity contribution in [1.82, 2.24) is 0 Å². The van der Waals surface area contributed by atoms with Crippen LogP contribution in [-0.2, 0) is 15.6 Å². The molecule has 102 valence electrons. The third-order valence-corrected chi connectivity index (χ3v) is 4.26. The van der Waals surface area contributed by atoms with Gasteiger partial charge in [-0.05, 0) is 24.1 Å². The van der Waals surface area contributed by atoms with Crippen molar-refractivity contribution in [3.05, 3.63) is 29.8 Å². The van der Waals surface area contributed by atoms with Crippen LogP contribution in [-0.4, -0.2) is 21.6 Å². The molecular formula is C14H18N2O2S. The summed E-state index contributed by atoms with van der Waals surface area (Å²) in [5, 5.41) is 11.4. The van der Waals surface area contributed by atoms with E-state index in [1.54, 1.807) is 24.3 Å². The monoisotopic (exact) mass is 278 g/mol. The first-order chi connectivity index (χ1) is 9.05. The van der Waals surface area contributed by atoms with E-state index in [4.69, 9.17) is 5.26 Å². The molecule has 0 aliphatic rings. The van der Waals surface area contributed by atoms with Gasteiger partial charge in [0.15, 0.2) is 0 Å². The highest BCUT2D eigenvalue weighted by Gasteiger charge is 2.11. The van der Waals surface area contributed by atoms with Gasteiger partial charge in [0.2, 0.25) is 5.91 Å². The van der Waals surface area contributed by atoms with Gasteiger partial charge in [0, 0.05) is 22.2 Å². The molecule has 1 aromatic rings. The summed E-state index contributed by atoms with van der Waals surface area (Å²) in [6.07, 6.45) is 0.956. The zero-order valence-corrected chi connectivity index (χ0v) is 12.0. The molecule has 2 unspecified atom stereocenters. The fraction of sp³-hybridized carbons (Fsp3) is 0.429. The molecular weight excluding hydrogens is 260 g/mol. The fourth-order valence-electron chi connectivity index (χ4n) is 1.50. The lowest BCUT2D eigenvalue weighted by Gasteiger charge is -2.08. The molecule has 0 bridgehead atoms. The molecule has 0 fully saturated rings. The highest BCUT2D eigenvalue weighted by Crippen LogP contribution is 2.10. The van der Waals surface area contributed by atoms with E-state index in [-0.39, 0.29) is 11.7 Å². The Bertz CT molecular complexity index is 508. The Hall–Kier alpha value is -1.67. The minimum absolute atomic E-state index is 0.00111. The van der Waals surface area contributed by atoms with E-state index >= 15 is 0 Å². The average Bonchev–Trinajstić information content (AvgIpc) is 2.38. The van der Waals surface area contributed by atoms with Crippen molar-refractivity contribution in [1.29, 1.82) is 5.26 Å². The second kappa shape index (κ2) is 7.70. The van der Waals surface area contributed by atoms with Crippen LogP contribution in [0.1, 0.15) is 25.8 Å². The third kappa shape index (κ3) is 5.66. The molecule has 0 radical (unpaired) electrons. The second-order valence-corrected chi connectivity index (χ2v) is 6.01. The zero-order chi connectivity index (χ0) is 14.3. The average molecular weight is 278 g/mol. The number of carbonyl (C=O) groups is 1. The molecule has 1 N–H and O–H groups in total. The number of nitrogens with zero attached hydrogens (tertiary/aromatic N) is 1. The standard InChI is InChI=1S/C14H18N2O2S/c1-3-11(2)9-19(18)10-14(17)16-13-6-4-5-12(7-13)8-15/h4-7,11H,3,9-10H2,1-2H3,(H,16,17). The van der Waals surface area contributed by atoms with Gasteiger partial charge in [0.05, 0.1) is 11.6 Å². The molecule has 4 nitrogen and oxygen atoms in total. The lowest BCUT2D eigenvalue weighted by atomic mass is 10.2. The van der Waals surface area contributed by atoms with Gasteiger partial charge in [-0.3, -0.25) is 9.00 Å². The molecule has 1 amide bonds. The van der Waals surface area contributed by atoms with Crippen molar-refractivity contribution in [2.24, 2.45) is 5.92 Å². The van der Waals surface area contributed by atoms with Crippen LogP contribution in [0.3, 0.4) is 0 Å². The van der Waals surface area contributed by atoms with Crippen LogP contribution in [0.15, 0.2) is 24.3 Å². The number of nitriles is 1. The Morgan fingerprint density at radius 1 is 1.53 bits per heavy atom. The number of amides is 1. The maximum atomic E-state index is 11.7. The van der Waals surface area contributed by atoms with E-state index in [1.807, 2.05) is 19.9 Å². The molecule has 5 heteroatoms. The van der Waals surface area contributed by atoms with Gasteiger partial charge in [-0.1, -0.05) is 26.3 Å². The number of rotatable bonds is 6. The molecule has 0 saturated carbocycles. The Balaban J connectivity index is 2.51. The van der Waals surface area contributed by atoms with Crippen molar-refractivity contribution >= 4 is 22.4 Å². The predicted molar refractivity (Wildman–Crippen MR) is 77.1 cm³/mol. The molecule has 1 aromatic carbocycles. The van der Waals surface area contributed by atoms with E-state index < -0.39 is 10.8 Å². The van der Waals surface area contributed by atoms with Gasteiger partial charge < -0.3 is 5.32 Å². The minimum Gasteiger partial charge on any atom is -0.325 e. The zero-order valence-electron chi connectivity index (χ0n) is 11.2. The topological polar surface area (TPSA) is 70.0 Å². The smallest absolute Gasteiger partial charge is 0.236 e. The second-order valence-electron chi connectivity index (χ2n) is 4.51. The SMILES string of the molecule is CCC(C)CS(=O)CC(=O)Nc1cccc(C#N)c1. The van der Waals surface area contributed by atoms with Crippen LogP contribution in [0, 0.1) is 17.2 Å². The molecule has 0 saturated heterocycles. The Morgan fingerprint density at radius 2 is 2.26 bits per heavy atom. The number of nitrogens with one attached hydrogen (secondary N) is 1. The van der Waals surface area contributed by atoms with Crippen LogP contribution < -0.4 is 5.32 Å². The van der Waals surface area contributed by atoms with Gasteiger partial charge in [-0.25, -0.2) is 0 Å².